The van der Waals surface area contributed by atoms with Gasteiger partial charge in [-0.05, 0) is 54.8 Å². The molecule has 2 unspecified atom stereocenters. The van der Waals surface area contributed by atoms with Crippen molar-refractivity contribution in [3.8, 4) is 5.75 Å². The Bertz CT molecular complexity index is 1250. The molecule has 3 aromatic rings. The molecule has 33 heavy (non-hydrogen) atoms. The molecule has 0 radical (unpaired) electrons. The van der Waals surface area contributed by atoms with Gasteiger partial charge in [-0.1, -0.05) is 36.2 Å². The van der Waals surface area contributed by atoms with E-state index in [1.807, 2.05) is 19.9 Å². The molecule has 2 N–H and O–H groups in total. The van der Waals surface area contributed by atoms with Crippen LogP contribution in [0.4, 0.5) is 5.82 Å². The first-order chi connectivity index (χ1) is 15.7. The van der Waals surface area contributed by atoms with Gasteiger partial charge in [0.25, 0.3) is 5.91 Å². The number of nitrogens with zero attached hydrogens (tertiary/aromatic N) is 2. The normalized spacial score (nSPS) is 17.3. The average molecular weight is 487 g/mol. The highest BCUT2D eigenvalue weighted by Gasteiger charge is 2.41. The third-order valence-corrected chi connectivity index (χ3v) is 6.69. The molecule has 2 amide bonds. The van der Waals surface area contributed by atoms with Crippen LogP contribution in [-0.2, 0) is 18.3 Å². The van der Waals surface area contributed by atoms with Gasteiger partial charge in [0, 0.05) is 24.1 Å². The summed E-state index contributed by atoms with van der Waals surface area (Å²) in [7, 11) is 3.36. The minimum Gasteiger partial charge on any atom is -0.496 e. The van der Waals surface area contributed by atoms with Gasteiger partial charge in [-0.15, -0.1) is 0 Å². The largest absolute Gasteiger partial charge is 0.496 e. The van der Waals surface area contributed by atoms with Gasteiger partial charge in [0.2, 0.25) is 5.91 Å². The highest BCUT2D eigenvalue weighted by atomic mass is 35.5. The number of rotatable bonds is 5. The maximum absolute atomic E-state index is 13.2. The summed E-state index contributed by atoms with van der Waals surface area (Å²) in [5.41, 5.74) is 3.68. The molecule has 172 valence electrons. The fourth-order valence-corrected chi connectivity index (χ4v) is 4.65. The standard InChI is InChI=1S/C24H24Cl2N4O3/c1-5-13-10-15(7-9-18(13)33-4)23(31)27-21-20(14-6-8-16(25)17(26)11-14)19-12(2)29-30(3)22(19)28-24(21)32/h6-11,20-21H,5H2,1-4H3,(H,27,31)(H,28,32). The fourth-order valence-electron chi connectivity index (χ4n) is 4.34. The summed E-state index contributed by atoms with van der Waals surface area (Å²) in [4.78, 5) is 26.4. The van der Waals surface area contributed by atoms with E-state index in [-0.39, 0.29) is 11.8 Å². The van der Waals surface area contributed by atoms with Gasteiger partial charge in [0.1, 0.15) is 17.6 Å². The number of methoxy groups -OCH3 is 1. The number of benzene rings is 2. The third-order valence-electron chi connectivity index (χ3n) is 5.95. The molecule has 9 heteroatoms. The number of anilines is 1. The van der Waals surface area contributed by atoms with E-state index in [4.69, 9.17) is 27.9 Å². The quantitative estimate of drug-likeness (QED) is 0.556. The SMILES string of the molecule is CCc1cc(C(=O)NC2C(=O)Nc3c(c(C)nn3C)C2c2ccc(Cl)c(Cl)c2)ccc1OC. The number of aryl methyl sites for hydroxylation is 3. The summed E-state index contributed by atoms with van der Waals surface area (Å²) < 4.78 is 6.99. The summed E-state index contributed by atoms with van der Waals surface area (Å²) in [6.45, 7) is 3.86. The number of hydrogen-bond donors (Lipinski definition) is 2. The molecule has 4 rings (SSSR count). The summed E-state index contributed by atoms with van der Waals surface area (Å²) >= 11 is 12.4. The molecule has 0 spiro atoms. The van der Waals surface area contributed by atoms with Crippen LogP contribution < -0.4 is 15.4 Å². The summed E-state index contributed by atoms with van der Waals surface area (Å²) in [5.74, 6) is 0.123. The Morgan fingerprint density at radius 3 is 2.64 bits per heavy atom. The first-order valence-electron chi connectivity index (χ1n) is 10.5. The van der Waals surface area contributed by atoms with Gasteiger partial charge in [-0.2, -0.15) is 5.10 Å². The van der Waals surface area contributed by atoms with Crippen molar-refractivity contribution in [3.63, 3.8) is 0 Å². The first-order valence-corrected chi connectivity index (χ1v) is 11.3. The van der Waals surface area contributed by atoms with Crippen molar-refractivity contribution in [2.75, 3.05) is 12.4 Å². The Kier molecular flexibility index (Phi) is 6.36. The lowest BCUT2D eigenvalue weighted by atomic mass is 9.82. The van der Waals surface area contributed by atoms with Gasteiger partial charge in [0.15, 0.2) is 0 Å². The summed E-state index contributed by atoms with van der Waals surface area (Å²) in [5, 5.41) is 11.1. The minimum absolute atomic E-state index is 0.334. The molecule has 7 nitrogen and oxygen atoms in total. The van der Waals surface area contributed by atoms with E-state index in [1.165, 1.54) is 0 Å². The molecule has 0 saturated carbocycles. The van der Waals surface area contributed by atoms with Crippen molar-refractivity contribution in [2.24, 2.45) is 7.05 Å². The summed E-state index contributed by atoms with van der Waals surface area (Å²) in [6, 6.07) is 9.58. The summed E-state index contributed by atoms with van der Waals surface area (Å²) in [6.07, 6.45) is 0.707. The number of halogens is 2. The molecule has 1 aromatic heterocycles. The van der Waals surface area contributed by atoms with Crippen LogP contribution in [0.5, 0.6) is 5.75 Å². The zero-order chi connectivity index (χ0) is 23.9. The van der Waals surface area contributed by atoms with Crippen molar-refractivity contribution >= 4 is 40.8 Å². The van der Waals surface area contributed by atoms with Crippen LogP contribution in [0.15, 0.2) is 36.4 Å². The number of amides is 2. The number of carbonyl (C=O) groups excluding carboxylic acids is 2. The fraction of sp³-hybridized carbons (Fsp3) is 0.292. The van der Waals surface area contributed by atoms with Crippen LogP contribution in [0.1, 0.15) is 45.6 Å². The molecule has 0 saturated heterocycles. The second-order valence-electron chi connectivity index (χ2n) is 7.94. The maximum atomic E-state index is 13.2. The van der Waals surface area contributed by atoms with E-state index in [0.717, 1.165) is 22.4 Å². The molecule has 0 fully saturated rings. The van der Waals surface area contributed by atoms with E-state index < -0.39 is 12.0 Å². The lowest BCUT2D eigenvalue weighted by Crippen LogP contribution is -2.50. The maximum Gasteiger partial charge on any atom is 0.251 e. The lowest BCUT2D eigenvalue weighted by Gasteiger charge is -2.32. The Hall–Kier alpha value is -3.03. The number of nitrogens with one attached hydrogen (secondary N) is 2. The van der Waals surface area contributed by atoms with Gasteiger partial charge in [0.05, 0.1) is 22.8 Å². The monoisotopic (exact) mass is 486 g/mol. The number of fused-ring (bicyclic) bond motifs is 1. The molecule has 2 atom stereocenters. The van der Waals surface area contributed by atoms with Crippen LogP contribution in [0, 0.1) is 6.92 Å². The van der Waals surface area contributed by atoms with Crippen LogP contribution in [0.25, 0.3) is 0 Å². The number of ether oxygens (including phenoxy) is 1. The van der Waals surface area contributed by atoms with Crippen molar-refractivity contribution in [1.82, 2.24) is 15.1 Å². The molecule has 0 aliphatic carbocycles. The molecule has 2 aromatic carbocycles. The van der Waals surface area contributed by atoms with Gasteiger partial charge >= 0.3 is 0 Å². The second kappa shape index (κ2) is 9.08. The first kappa shape index (κ1) is 23.1. The predicted molar refractivity (Wildman–Crippen MR) is 129 cm³/mol. The lowest BCUT2D eigenvalue weighted by molar-refractivity contribution is -0.118. The Morgan fingerprint density at radius 1 is 1.21 bits per heavy atom. The van der Waals surface area contributed by atoms with Crippen LogP contribution in [0.2, 0.25) is 10.0 Å². The minimum atomic E-state index is -0.877. The van der Waals surface area contributed by atoms with Crippen LogP contribution in [-0.4, -0.2) is 34.7 Å². The van der Waals surface area contributed by atoms with Crippen LogP contribution >= 0.6 is 23.2 Å². The molecular weight excluding hydrogens is 463 g/mol. The van der Waals surface area contributed by atoms with E-state index in [0.29, 0.717) is 33.6 Å². The van der Waals surface area contributed by atoms with Gasteiger partial charge in [-0.3, -0.25) is 14.3 Å². The van der Waals surface area contributed by atoms with Crippen molar-refractivity contribution in [3.05, 3.63) is 74.4 Å². The van der Waals surface area contributed by atoms with E-state index >= 15 is 0 Å². The van der Waals surface area contributed by atoms with E-state index in [9.17, 15) is 9.59 Å². The highest BCUT2D eigenvalue weighted by molar-refractivity contribution is 6.42. The van der Waals surface area contributed by atoms with E-state index in [1.54, 1.807) is 49.2 Å². The van der Waals surface area contributed by atoms with Crippen molar-refractivity contribution in [2.45, 2.75) is 32.2 Å². The Balaban J connectivity index is 1.77. The molecule has 0 bridgehead atoms. The molecule has 2 heterocycles. The average Bonchev–Trinajstić information content (AvgIpc) is 3.08. The predicted octanol–water partition coefficient (Wildman–Crippen LogP) is 4.49. The molecule has 1 aliphatic rings. The zero-order valence-electron chi connectivity index (χ0n) is 18.7. The highest BCUT2D eigenvalue weighted by Crippen LogP contribution is 2.40. The number of aromatic nitrogens is 2. The molecular formula is C24H24Cl2N4O3. The molecule has 1 aliphatic heterocycles. The Labute approximate surface area is 202 Å². The van der Waals surface area contributed by atoms with Gasteiger partial charge in [-0.25, -0.2) is 0 Å². The van der Waals surface area contributed by atoms with Crippen molar-refractivity contribution < 1.29 is 14.3 Å². The van der Waals surface area contributed by atoms with Gasteiger partial charge < -0.3 is 15.4 Å². The topological polar surface area (TPSA) is 85.3 Å². The smallest absolute Gasteiger partial charge is 0.251 e. The third kappa shape index (κ3) is 4.18. The van der Waals surface area contributed by atoms with E-state index in [2.05, 4.69) is 15.7 Å². The number of carbonyl (C=O) groups is 2. The van der Waals surface area contributed by atoms with Crippen molar-refractivity contribution in [1.29, 1.82) is 0 Å². The Morgan fingerprint density at radius 2 is 1.97 bits per heavy atom. The zero-order valence-corrected chi connectivity index (χ0v) is 20.2. The van der Waals surface area contributed by atoms with Crippen LogP contribution in [0.3, 0.4) is 0 Å². The second-order valence-corrected chi connectivity index (χ2v) is 8.76. The number of hydrogen-bond acceptors (Lipinski definition) is 4.